The maximum absolute atomic E-state index is 12.4. The van der Waals surface area contributed by atoms with Gasteiger partial charge in [-0.3, -0.25) is 4.79 Å². The lowest BCUT2D eigenvalue weighted by atomic mass is 10.2. The van der Waals surface area contributed by atoms with Crippen LogP contribution in [0.2, 0.25) is 0 Å². The summed E-state index contributed by atoms with van der Waals surface area (Å²) < 4.78 is 17.3. The van der Waals surface area contributed by atoms with Gasteiger partial charge in [0.15, 0.2) is 0 Å². The molecule has 3 aromatic carbocycles. The Bertz CT molecular complexity index is 1010. The maximum Gasteiger partial charge on any atom is 0.271 e. The van der Waals surface area contributed by atoms with Crippen molar-refractivity contribution in [1.82, 2.24) is 5.43 Å². The second-order valence-corrected chi connectivity index (χ2v) is 7.17. The first-order chi connectivity index (χ1) is 14.6. The monoisotopic (exact) mass is 468 g/mol. The minimum Gasteiger partial charge on any atom is -0.497 e. The van der Waals surface area contributed by atoms with Crippen LogP contribution < -0.4 is 19.6 Å². The van der Waals surface area contributed by atoms with Crippen LogP contribution in [0.25, 0.3) is 0 Å². The number of rotatable bonds is 8. The third-order valence-corrected chi connectivity index (χ3v) is 4.74. The molecule has 1 N–H and O–H groups in total. The molecule has 154 valence electrons. The highest BCUT2D eigenvalue weighted by molar-refractivity contribution is 9.10. The van der Waals surface area contributed by atoms with Gasteiger partial charge in [-0.15, -0.1) is 0 Å². The van der Waals surface area contributed by atoms with Gasteiger partial charge in [0.2, 0.25) is 0 Å². The number of methoxy groups -OCH3 is 2. The lowest BCUT2D eigenvalue weighted by Crippen LogP contribution is -2.17. The molecule has 0 aromatic heterocycles. The third kappa shape index (κ3) is 5.84. The lowest BCUT2D eigenvalue weighted by Gasteiger charge is -2.09. The number of amides is 1. The van der Waals surface area contributed by atoms with E-state index in [4.69, 9.17) is 14.2 Å². The number of carbonyl (C=O) groups excluding carboxylic acids is 1. The van der Waals surface area contributed by atoms with E-state index in [1.54, 1.807) is 24.4 Å². The Labute approximate surface area is 183 Å². The Hall–Kier alpha value is -3.32. The maximum atomic E-state index is 12.4. The number of halogens is 1. The normalized spacial score (nSPS) is 10.6. The van der Waals surface area contributed by atoms with E-state index in [9.17, 15) is 4.79 Å². The Balaban J connectivity index is 1.66. The van der Waals surface area contributed by atoms with Crippen molar-refractivity contribution in [2.45, 2.75) is 6.61 Å². The molecule has 0 spiro atoms. The van der Waals surface area contributed by atoms with Crippen molar-refractivity contribution in [3.05, 3.63) is 87.9 Å². The topological polar surface area (TPSA) is 69.2 Å². The number of ether oxygens (including phenoxy) is 3. The van der Waals surface area contributed by atoms with Crippen LogP contribution in [-0.2, 0) is 6.61 Å². The molecule has 30 heavy (non-hydrogen) atoms. The SMILES string of the molecule is COc1cc(OC)cc(C(=O)N/N=C\c2ccccc2OCc2ccc(Br)cc2)c1. The van der Waals surface area contributed by atoms with Gasteiger partial charge < -0.3 is 14.2 Å². The zero-order valence-electron chi connectivity index (χ0n) is 16.6. The standard InChI is InChI=1S/C23H21BrN2O4/c1-28-20-11-18(12-21(13-20)29-2)23(27)26-25-14-17-5-3-4-6-22(17)30-15-16-7-9-19(24)10-8-16/h3-14H,15H2,1-2H3,(H,26,27)/b25-14-. The molecule has 0 aliphatic carbocycles. The fraction of sp³-hybridized carbons (Fsp3) is 0.130. The predicted molar refractivity (Wildman–Crippen MR) is 120 cm³/mol. The highest BCUT2D eigenvalue weighted by atomic mass is 79.9. The lowest BCUT2D eigenvalue weighted by molar-refractivity contribution is 0.0954. The zero-order chi connectivity index (χ0) is 21.3. The highest BCUT2D eigenvalue weighted by Gasteiger charge is 2.09. The molecule has 0 unspecified atom stereocenters. The Morgan fingerprint density at radius 2 is 1.67 bits per heavy atom. The van der Waals surface area contributed by atoms with Crippen molar-refractivity contribution in [2.24, 2.45) is 5.10 Å². The molecule has 3 rings (SSSR count). The number of hydrogen-bond donors (Lipinski definition) is 1. The van der Waals surface area contributed by atoms with E-state index in [-0.39, 0.29) is 5.91 Å². The number of nitrogens with zero attached hydrogens (tertiary/aromatic N) is 1. The van der Waals surface area contributed by atoms with Crippen molar-refractivity contribution in [1.29, 1.82) is 0 Å². The van der Waals surface area contributed by atoms with Crippen LogP contribution >= 0.6 is 15.9 Å². The molecule has 0 bridgehead atoms. The molecule has 0 aliphatic heterocycles. The van der Waals surface area contributed by atoms with E-state index in [1.807, 2.05) is 48.5 Å². The fourth-order valence-electron chi connectivity index (χ4n) is 2.62. The minimum atomic E-state index is -0.378. The molecule has 0 radical (unpaired) electrons. The molecular formula is C23H21BrN2O4. The average molecular weight is 469 g/mol. The molecule has 0 aliphatic rings. The number of hydrogen-bond acceptors (Lipinski definition) is 5. The number of hydrazone groups is 1. The summed E-state index contributed by atoms with van der Waals surface area (Å²) in [4.78, 5) is 12.4. The highest BCUT2D eigenvalue weighted by Crippen LogP contribution is 2.22. The van der Waals surface area contributed by atoms with E-state index >= 15 is 0 Å². The Kier molecular flexibility index (Phi) is 7.45. The summed E-state index contributed by atoms with van der Waals surface area (Å²) in [5.41, 5.74) is 4.69. The molecule has 6 nitrogen and oxygen atoms in total. The number of nitrogens with one attached hydrogen (secondary N) is 1. The van der Waals surface area contributed by atoms with E-state index < -0.39 is 0 Å². The predicted octanol–water partition coefficient (Wildman–Crippen LogP) is 4.81. The van der Waals surface area contributed by atoms with Crippen molar-refractivity contribution in [2.75, 3.05) is 14.2 Å². The van der Waals surface area contributed by atoms with Gasteiger partial charge in [-0.05, 0) is 42.0 Å². The summed E-state index contributed by atoms with van der Waals surface area (Å²) in [6.07, 6.45) is 1.55. The molecule has 0 heterocycles. The fourth-order valence-corrected chi connectivity index (χ4v) is 2.89. The number of para-hydroxylation sites is 1. The van der Waals surface area contributed by atoms with Crippen LogP contribution in [0.15, 0.2) is 76.3 Å². The van der Waals surface area contributed by atoms with Crippen LogP contribution in [-0.4, -0.2) is 26.3 Å². The Morgan fingerprint density at radius 1 is 1.00 bits per heavy atom. The van der Waals surface area contributed by atoms with Gasteiger partial charge in [0.1, 0.15) is 23.9 Å². The van der Waals surface area contributed by atoms with Gasteiger partial charge in [0, 0.05) is 21.7 Å². The molecular weight excluding hydrogens is 448 g/mol. The smallest absolute Gasteiger partial charge is 0.271 e. The minimum absolute atomic E-state index is 0.378. The van der Waals surface area contributed by atoms with Crippen molar-refractivity contribution >= 4 is 28.1 Å². The first-order valence-electron chi connectivity index (χ1n) is 9.12. The summed E-state index contributed by atoms with van der Waals surface area (Å²) in [6.45, 7) is 0.425. The zero-order valence-corrected chi connectivity index (χ0v) is 18.2. The summed E-state index contributed by atoms with van der Waals surface area (Å²) in [5.74, 6) is 1.34. The first-order valence-corrected chi connectivity index (χ1v) is 9.91. The summed E-state index contributed by atoms with van der Waals surface area (Å²) in [5, 5.41) is 4.06. The van der Waals surface area contributed by atoms with E-state index in [0.29, 0.717) is 29.4 Å². The summed E-state index contributed by atoms with van der Waals surface area (Å²) in [6, 6.07) is 20.3. The summed E-state index contributed by atoms with van der Waals surface area (Å²) in [7, 11) is 3.06. The quantitative estimate of drug-likeness (QED) is 0.380. The van der Waals surface area contributed by atoms with Gasteiger partial charge in [-0.2, -0.15) is 5.10 Å². The largest absolute Gasteiger partial charge is 0.497 e. The van der Waals surface area contributed by atoms with Gasteiger partial charge in [0.05, 0.1) is 20.4 Å². The van der Waals surface area contributed by atoms with Crippen molar-refractivity contribution < 1.29 is 19.0 Å². The van der Waals surface area contributed by atoms with Crippen LogP contribution in [0, 0.1) is 0 Å². The second-order valence-electron chi connectivity index (χ2n) is 6.25. The molecule has 0 saturated carbocycles. The Morgan fingerprint density at radius 3 is 2.33 bits per heavy atom. The molecule has 0 atom stereocenters. The molecule has 1 amide bonds. The molecule has 7 heteroatoms. The van der Waals surface area contributed by atoms with Gasteiger partial charge in [-0.25, -0.2) is 5.43 Å². The van der Waals surface area contributed by atoms with E-state index in [2.05, 4.69) is 26.5 Å². The van der Waals surface area contributed by atoms with Gasteiger partial charge >= 0.3 is 0 Å². The third-order valence-electron chi connectivity index (χ3n) is 4.21. The van der Waals surface area contributed by atoms with E-state index in [0.717, 1.165) is 15.6 Å². The number of carbonyl (C=O) groups is 1. The van der Waals surface area contributed by atoms with Crippen LogP contribution in [0.5, 0.6) is 17.2 Å². The van der Waals surface area contributed by atoms with Crippen LogP contribution in [0.4, 0.5) is 0 Å². The first kappa shape index (κ1) is 21.4. The molecule has 0 fully saturated rings. The average Bonchev–Trinajstić information content (AvgIpc) is 2.79. The summed E-state index contributed by atoms with van der Waals surface area (Å²) >= 11 is 3.42. The second kappa shape index (κ2) is 10.5. The number of benzene rings is 3. The van der Waals surface area contributed by atoms with Crippen molar-refractivity contribution in [3.8, 4) is 17.2 Å². The molecule has 3 aromatic rings. The van der Waals surface area contributed by atoms with E-state index in [1.165, 1.54) is 14.2 Å². The van der Waals surface area contributed by atoms with Crippen LogP contribution in [0.3, 0.4) is 0 Å². The van der Waals surface area contributed by atoms with Crippen LogP contribution in [0.1, 0.15) is 21.5 Å². The van der Waals surface area contributed by atoms with Gasteiger partial charge in [0.25, 0.3) is 5.91 Å². The molecule has 0 saturated heterocycles. The van der Waals surface area contributed by atoms with Gasteiger partial charge in [-0.1, -0.05) is 40.2 Å². The van der Waals surface area contributed by atoms with Crippen molar-refractivity contribution in [3.63, 3.8) is 0 Å².